The molecule has 7 heteroatoms. The summed E-state index contributed by atoms with van der Waals surface area (Å²) in [5.41, 5.74) is 4.05. The third kappa shape index (κ3) is 4.41. The number of ether oxygens (including phenoxy) is 1. The molecule has 6 nitrogen and oxygen atoms in total. The van der Waals surface area contributed by atoms with Gasteiger partial charge in [-0.1, -0.05) is 35.4 Å². The van der Waals surface area contributed by atoms with E-state index in [2.05, 4.69) is 4.98 Å². The van der Waals surface area contributed by atoms with Gasteiger partial charge in [0.2, 0.25) is 0 Å². The highest BCUT2D eigenvalue weighted by Crippen LogP contribution is 2.41. The van der Waals surface area contributed by atoms with Gasteiger partial charge in [-0.2, -0.15) is 0 Å². The molecule has 1 saturated heterocycles. The van der Waals surface area contributed by atoms with E-state index in [-0.39, 0.29) is 17.9 Å². The maximum Gasteiger partial charge on any atom is 0.295 e. The van der Waals surface area contributed by atoms with E-state index in [4.69, 9.17) is 16.3 Å². The van der Waals surface area contributed by atoms with Crippen molar-refractivity contribution in [1.29, 1.82) is 0 Å². The molecule has 1 fully saturated rings. The van der Waals surface area contributed by atoms with Crippen molar-refractivity contribution in [2.75, 3.05) is 6.61 Å². The van der Waals surface area contributed by atoms with Gasteiger partial charge >= 0.3 is 0 Å². The Balaban J connectivity index is 1.86. The molecule has 0 saturated carbocycles. The number of Topliss-reactive ketones (excluding diaryl/α,β-unsaturated/α-hetero) is 1. The molecule has 1 aliphatic heterocycles. The number of carbonyl (C=O) groups excluding carboxylic acids is 2. The molecular formula is C27H25ClN2O4. The van der Waals surface area contributed by atoms with Gasteiger partial charge in [-0.05, 0) is 67.8 Å². The number of nitrogens with zero attached hydrogens (tertiary/aromatic N) is 2. The maximum atomic E-state index is 13.3. The van der Waals surface area contributed by atoms with Gasteiger partial charge in [-0.3, -0.25) is 14.6 Å². The number of aliphatic hydroxyl groups excluding tert-OH is 1. The fourth-order valence-corrected chi connectivity index (χ4v) is 4.33. The first kappa shape index (κ1) is 23.5. The molecule has 2 aromatic carbocycles. The summed E-state index contributed by atoms with van der Waals surface area (Å²) >= 11 is 6.20. The molecule has 0 radical (unpaired) electrons. The molecule has 4 rings (SSSR count). The van der Waals surface area contributed by atoms with Crippen LogP contribution in [0.3, 0.4) is 0 Å². The Morgan fingerprint density at radius 3 is 2.53 bits per heavy atom. The number of carbonyl (C=O) groups is 2. The van der Waals surface area contributed by atoms with E-state index < -0.39 is 17.7 Å². The lowest BCUT2D eigenvalue weighted by Crippen LogP contribution is -2.29. The lowest BCUT2D eigenvalue weighted by Gasteiger charge is -2.26. The summed E-state index contributed by atoms with van der Waals surface area (Å²) in [7, 11) is 0. The lowest BCUT2D eigenvalue weighted by molar-refractivity contribution is -0.140. The second-order valence-electron chi connectivity index (χ2n) is 8.22. The molecule has 1 unspecified atom stereocenters. The van der Waals surface area contributed by atoms with Gasteiger partial charge in [-0.25, -0.2) is 0 Å². The van der Waals surface area contributed by atoms with E-state index in [1.54, 1.807) is 42.7 Å². The van der Waals surface area contributed by atoms with E-state index in [1.165, 1.54) is 4.90 Å². The van der Waals surface area contributed by atoms with Crippen molar-refractivity contribution >= 4 is 29.1 Å². The van der Waals surface area contributed by atoms with E-state index in [0.717, 1.165) is 16.7 Å². The molecule has 34 heavy (non-hydrogen) atoms. The van der Waals surface area contributed by atoms with Crippen molar-refractivity contribution in [3.8, 4) is 5.75 Å². The standard InChI is InChI=1S/C27H25ClN2O4/c1-4-34-22-14-19(7-8-21(22)28)25(31)23-24(18-9-11-29-12-10-18)30(27(33)26(23)32)15-20-13-16(2)5-6-17(20)3/h5-14,24,31H,4,15H2,1-3H3/b25-23-. The van der Waals surface area contributed by atoms with Crippen molar-refractivity contribution < 1.29 is 19.4 Å². The summed E-state index contributed by atoms with van der Waals surface area (Å²) in [6, 6.07) is 13.5. The fourth-order valence-electron chi connectivity index (χ4n) is 4.16. The number of hydrogen-bond donors (Lipinski definition) is 1. The highest BCUT2D eigenvalue weighted by molar-refractivity contribution is 6.46. The molecule has 1 amide bonds. The summed E-state index contributed by atoms with van der Waals surface area (Å²) in [6.45, 7) is 6.39. The van der Waals surface area contributed by atoms with Gasteiger partial charge in [0.1, 0.15) is 11.5 Å². The highest BCUT2D eigenvalue weighted by Gasteiger charge is 2.46. The van der Waals surface area contributed by atoms with Crippen molar-refractivity contribution in [2.45, 2.75) is 33.4 Å². The van der Waals surface area contributed by atoms with E-state index in [0.29, 0.717) is 28.5 Å². The number of aryl methyl sites for hydroxylation is 2. The largest absolute Gasteiger partial charge is 0.507 e. The zero-order chi connectivity index (χ0) is 24.4. The smallest absolute Gasteiger partial charge is 0.295 e. The first-order chi connectivity index (χ1) is 16.3. The Kier molecular flexibility index (Phi) is 6.70. The number of aliphatic hydroxyl groups is 1. The van der Waals surface area contributed by atoms with Crippen LogP contribution in [0.5, 0.6) is 5.75 Å². The summed E-state index contributed by atoms with van der Waals surface area (Å²) in [6.07, 6.45) is 3.20. The molecule has 1 N–H and O–H groups in total. The quantitative estimate of drug-likeness (QED) is 0.294. The molecule has 2 heterocycles. The van der Waals surface area contributed by atoms with E-state index in [9.17, 15) is 14.7 Å². The van der Waals surface area contributed by atoms with Crippen LogP contribution < -0.4 is 4.74 Å². The molecule has 0 bridgehead atoms. The fraction of sp³-hybridized carbons (Fsp3) is 0.222. The van der Waals surface area contributed by atoms with Gasteiger partial charge in [0.15, 0.2) is 0 Å². The minimum atomic E-state index is -0.769. The average molecular weight is 477 g/mol. The zero-order valence-corrected chi connectivity index (χ0v) is 20.0. The molecule has 0 spiro atoms. The number of rotatable bonds is 6. The van der Waals surface area contributed by atoms with Crippen molar-refractivity contribution in [1.82, 2.24) is 9.88 Å². The molecular weight excluding hydrogens is 452 g/mol. The van der Waals surface area contributed by atoms with Crippen molar-refractivity contribution in [2.24, 2.45) is 0 Å². The average Bonchev–Trinajstić information content (AvgIpc) is 3.08. The first-order valence-electron chi connectivity index (χ1n) is 11.0. The summed E-state index contributed by atoms with van der Waals surface area (Å²) in [5.74, 6) is -1.29. The third-order valence-corrected chi connectivity index (χ3v) is 6.22. The summed E-state index contributed by atoms with van der Waals surface area (Å²) < 4.78 is 5.54. The van der Waals surface area contributed by atoms with Crippen LogP contribution in [0.15, 0.2) is 66.5 Å². The number of amides is 1. The third-order valence-electron chi connectivity index (χ3n) is 5.91. The predicted molar refractivity (Wildman–Crippen MR) is 131 cm³/mol. The predicted octanol–water partition coefficient (Wildman–Crippen LogP) is 5.37. The number of ketones is 1. The van der Waals surface area contributed by atoms with Crippen LogP contribution in [0, 0.1) is 13.8 Å². The number of benzene rings is 2. The van der Waals surface area contributed by atoms with Crippen LogP contribution >= 0.6 is 11.6 Å². The van der Waals surface area contributed by atoms with Gasteiger partial charge in [0, 0.05) is 24.5 Å². The summed E-state index contributed by atoms with van der Waals surface area (Å²) in [5, 5.41) is 11.7. The first-order valence-corrected chi connectivity index (χ1v) is 11.4. The summed E-state index contributed by atoms with van der Waals surface area (Å²) in [4.78, 5) is 32.0. The van der Waals surface area contributed by atoms with Crippen LogP contribution in [0.4, 0.5) is 0 Å². The van der Waals surface area contributed by atoms with Gasteiger partial charge in [0.25, 0.3) is 11.7 Å². The molecule has 174 valence electrons. The Bertz CT molecular complexity index is 1290. The lowest BCUT2D eigenvalue weighted by atomic mass is 9.95. The van der Waals surface area contributed by atoms with Crippen molar-refractivity contribution in [3.05, 3.63) is 99.3 Å². The number of likely N-dealkylation sites (tertiary alicyclic amines) is 1. The van der Waals surface area contributed by atoms with Crippen LogP contribution in [-0.2, 0) is 16.1 Å². The van der Waals surface area contributed by atoms with Crippen LogP contribution in [0.1, 0.15) is 40.8 Å². The van der Waals surface area contributed by atoms with Crippen LogP contribution in [0.25, 0.3) is 5.76 Å². The molecule has 1 aromatic heterocycles. The SMILES string of the molecule is CCOc1cc(/C(O)=C2/C(=O)C(=O)N(Cc3cc(C)ccc3C)C2c2ccncc2)ccc1Cl. The molecule has 1 aliphatic rings. The monoisotopic (exact) mass is 476 g/mol. The topological polar surface area (TPSA) is 79.7 Å². The highest BCUT2D eigenvalue weighted by atomic mass is 35.5. The minimum Gasteiger partial charge on any atom is -0.507 e. The Morgan fingerprint density at radius 1 is 1.09 bits per heavy atom. The Hall–Kier alpha value is -3.64. The second kappa shape index (κ2) is 9.69. The molecule has 0 aliphatic carbocycles. The number of halogens is 1. The molecule has 3 aromatic rings. The number of pyridine rings is 1. The maximum absolute atomic E-state index is 13.3. The normalized spacial score (nSPS) is 17.3. The second-order valence-corrected chi connectivity index (χ2v) is 8.62. The number of aromatic nitrogens is 1. The van der Waals surface area contributed by atoms with Gasteiger partial charge in [0.05, 0.1) is 23.2 Å². The Morgan fingerprint density at radius 2 is 1.82 bits per heavy atom. The van der Waals surface area contributed by atoms with Crippen LogP contribution in [-0.4, -0.2) is 33.3 Å². The van der Waals surface area contributed by atoms with Gasteiger partial charge in [-0.15, -0.1) is 0 Å². The minimum absolute atomic E-state index is 0.0197. The number of hydrogen-bond acceptors (Lipinski definition) is 5. The van der Waals surface area contributed by atoms with E-state index >= 15 is 0 Å². The van der Waals surface area contributed by atoms with Gasteiger partial charge < -0.3 is 14.7 Å². The Labute approximate surface area is 203 Å². The van der Waals surface area contributed by atoms with Crippen molar-refractivity contribution in [3.63, 3.8) is 0 Å². The van der Waals surface area contributed by atoms with Crippen LogP contribution in [0.2, 0.25) is 5.02 Å². The molecule has 1 atom stereocenters. The van der Waals surface area contributed by atoms with E-state index in [1.807, 2.05) is 39.0 Å². The zero-order valence-electron chi connectivity index (χ0n) is 19.2.